The molecule has 1 atom stereocenters. The fourth-order valence-electron chi connectivity index (χ4n) is 2.34. The largest absolute Gasteiger partial charge is 0.316 e. The molecule has 1 heterocycles. The molecule has 16 heavy (non-hydrogen) atoms. The van der Waals surface area contributed by atoms with Crippen molar-refractivity contribution >= 4 is 12.4 Å². The van der Waals surface area contributed by atoms with Gasteiger partial charge in [0, 0.05) is 0 Å². The van der Waals surface area contributed by atoms with E-state index in [1.807, 2.05) is 0 Å². The molecule has 0 aliphatic carbocycles. The van der Waals surface area contributed by atoms with Crippen molar-refractivity contribution in [2.75, 3.05) is 13.1 Å². The maximum absolute atomic E-state index is 3.48. The predicted octanol–water partition coefficient (Wildman–Crippen LogP) is 3.21. The number of hydrogen-bond donors (Lipinski definition) is 1. The molecule has 0 bridgehead atoms. The molecular weight excluding hydrogens is 218 g/mol. The Hall–Kier alpha value is -0.530. The van der Waals surface area contributed by atoms with Gasteiger partial charge in [-0.25, -0.2) is 0 Å². The summed E-state index contributed by atoms with van der Waals surface area (Å²) in [5.41, 5.74) is 2.95. The number of rotatable bonds is 3. The van der Waals surface area contributed by atoms with Crippen LogP contribution in [0.25, 0.3) is 0 Å². The summed E-state index contributed by atoms with van der Waals surface area (Å²) >= 11 is 0. The van der Waals surface area contributed by atoms with Crippen LogP contribution in [0, 0.1) is 5.92 Å². The molecule has 0 spiro atoms. The van der Waals surface area contributed by atoms with Crippen LogP contribution in [0.4, 0.5) is 0 Å². The lowest BCUT2D eigenvalue weighted by Gasteiger charge is -2.22. The van der Waals surface area contributed by atoms with Gasteiger partial charge in [0.2, 0.25) is 0 Å². The summed E-state index contributed by atoms with van der Waals surface area (Å²) in [5, 5.41) is 3.48. The van der Waals surface area contributed by atoms with E-state index >= 15 is 0 Å². The molecule has 1 unspecified atom stereocenters. The minimum Gasteiger partial charge on any atom is -0.316 e. The van der Waals surface area contributed by atoms with Crippen molar-refractivity contribution in [3.8, 4) is 0 Å². The summed E-state index contributed by atoms with van der Waals surface area (Å²) in [4.78, 5) is 0. The highest BCUT2D eigenvalue weighted by Gasteiger charge is 2.12. The normalized spacial score (nSPS) is 20.2. The number of nitrogens with one attached hydrogen (secondary N) is 1. The van der Waals surface area contributed by atoms with E-state index < -0.39 is 0 Å². The first-order valence-corrected chi connectivity index (χ1v) is 6.17. The molecule has 1 aliphatic heterocycles. The lowest BCUT2D eigenvalue weighted by atomic mass is 9.92. The van der Waals surface area contributed by atoms with Gasteiger partial charge in [0.05, 0.1) is 0 Å². The molecule has 1 nitrogen and oxygen atoms in total. The standard InChI is InChI=1S/C14H21N.ClH/c1-2-12-5-7-13(8-6-12)10-14-4-3-9-15-11-14;/h5-8,14-15H,2-4,9-11H2,1H3;1H. The van der Waals surface area contributed by atoms with Crippen LogP contribution in [-0.4, -0.2) is 13.1 Å². The van der Waals surface area contributed by atoms with Crippen LogP contribution < -0.4 is 5.32 Å². The highest BCUT2D eigenvalue weighted by molar-refractivity contribution is 5.85. The zero-order valence-corrected chi connectivity index (χ0v) is 10.9. The van der Waals surface area contributed by atoms with E-state index in [2.05, 4.69) is 36.5 Å². The molecule has 90 valence electrons. The summed E-state index contributed by atoms with van der Waals surface area (Å²) in [6, 6.07) is 9.14. The third-order valence-electron chi connectivity index (χ3n) is 3.35. The minimum absolute atomic E-state index is 0. The van der Waals surface area contributed by atoms with Gasteiger partial charge < -0.3 is 5.32 Å². The average Bonchev–Trinajstić information content (AvgIpc) is 2.31. The second kappa shape index (κ2) is 6.93. The number of aryl methyl sites for hydroxylation is 1. The lowest BCUT2D eigenvalue weighted by molar-refractivity contribution is 0.376. The topological polar surface area (TPSA) is 12.0 Å². The highest BCUT2D eigenvalue weighted by atomic mass is 35.5. The second-order valence-electron chi connectivity index (χ2n) is 4.59. The molecule has 1 saturated heterocycles. The molecule has 1 aromatic rings. The van der Waals surface area contributed by atoms with Gasteiger partial charge in [-0.3, -0.25) is 0 Å². The van der Waals surface area contributed by atoms with Crippen molar-refractivity contribution in [1.82, 2.24) is 5.32 Å². The van der Waals surface area contributed by atoms with Gasteiger partial charge in [0.25, 0.3) is 0 Å². The van der Waals surface area contributed by atoms with Crippen LogP contribution >= 0.6 is 12.4 Å². The van der Waals surface area contributed by atoms with Gasteiger partial charge >= 0.3 is 0 Å². The van der Waals surface area contributed by atoms with Crippen molar-refractivity contribution in [3.05, 3.63) is 35.4 Å². The fraction of sp³-hybridized carbons (Fsp3) is 0.571. The van der Waals surface area contributed by atoms with Gasteiger partial charge in [-0.05, 0) is 55.8 Å². The van der Waals surface area contributed by atoms with Gasteiger partial charge in [0.1, 0.15) is 0 Å². The van der Waals surface area contributed by atoms with Crippen molar-refractivity contribution in [2.45, 2.75) is 32.6 Å². The second-order valence-corrected chi connectivity index (χ2v) is 4.59. The first kappa shape index (κ1) is 13.5. The van der Waals surface area contributed by atoms with E-state index in [0.717, 1.165) is 12.3 Å². The Morgan fingerprint density at radius 1 is 1.19 bits per heavy atom. The minimum atomic E-state index is 0. The molecule has 0 amide bonds. The summed E-state index contributed by atoms with van der Waals surface area (Å²) in [7, 11) is 0. The van der Waals surface area contributed by atoms with E-state index in [9.17, 15) is 0 Å². The molecule has 1 fully saturated rings. The number of halogens is 1. The SMILES string of the molecule is CCc1ccc(CC2CCCNC2)cc1.Cl. The van der Waals surface area contributed by atoms with Gasteiger partial charge in [-0.2, -0.15) is 0 Å². The van der Waals surface area contributed by atoms with Gasteiger partial charge in [0.15, 0.2) is 0 Å². The third-order valence-corrected chi connectivity index (χ3v) is 3.35. The Kier molecular flexibility index (Phi) is 5.86. The first-order valence-electron chi connectivity index (χ1n) is 6.17. The molecule has 0 radical (unpaired) electrons. The van der Waals surface area contributed by atoms with Gasteiger partial charge in [-0.15, -0.1) is 12.4 Å². The monoisotopic (exact) mass is 239 g/mol. The smallest absolute Gasteiger partial charge is 0.00173 e. The predicted molar refractivity (Wildman–Crippen MR) is 72.4 cm³/mol. The molecule has 0 saturated carbocycles. The number of hydrogen-bond acceptors (Lipinski definition) is 1. The molecule has 1 N–H and O–H groups in total. The molecule has 2 rings (SSSR count). The Balaban J connectivity index is 0.00000128. The molecular formula is C14H22ClN. The van der Waals surface area contributed by atoms with E-state index in [0.29, 0.717) is 0 Å². The summed E-state index contributed by atoms with van der Waals surface area (Å²) in [6.45, 7) is 4.63. The average molecular weight is 240 g/mol. The number of benzene rings is 1. The van der Waals surface area contributed by atoms with Crippen LogP contribution in [0.5, 0.6) is 0 Å². The maximum Gasteiger partial charge on any atom is -0.00173 e. The summed E-state index contributed by atoms with van der Waals surface area (Å²) in [5.74, 6) is 0.853. The summed E-state index contributed by atoms with van der Waals surface area (Å²) < 4.78 is 0. The lowest BCUT2D eigenvalue weighted by Crippen LogP contribution is -2.30. The van der Waals surface area contributed by atoms with Crippen molar-refractivity contribution in [2.24, 2.45) is 5.92 Å². The van der Waals surface area contributed by atoms with Crippen molar-refractivity contribution in [1.29, 1.82) is 0 Å². The Morgan fingerprint density at radius 3 is 2.44 bits per heavy atom. The van der Waals surface area contributed by atoms with Crippen LogP contribution in [-0.2, 0) is 12.8 Å². The molecule has 2 heteroatoms. The van der Waals surface area contributed by atoms with Crippen LogP contribution in [0.3, 0.4) is 0 Å². The van der Waals surface area contributed by atoms with E-state index in [-0.39, 0.29) is 12.4 Å². The van der Waals surface area contributed by atoms with Crippen molar-refractivity contribution < 1.29 is 0 Å². The third kappa shape index (κ3) is 3.80. The molecule has 1 aliphatic rings. The van der Waals surface area contributed by atoms with E-state index in [1.54, 1.807) is 0 Å². The van der Waals surface area contributed by atoms with Gasteiger partial charge in [-0.1, -0.05) is 31.2 Å². The fourth-order valence-corrected chi connectivity index (χ4v) is 2.34. The zero-order chi connectivity index (χ0) is 10.5. The Morgan fingerprint density at radius 2 is 1.88 bits per heavy atom. The number of piperidine rings is 1. The summed E-state index contributed by atoms with van der Waals surface area (Å²) in [6.07, 6.45) is 5.13. The molecule has 0 aromatic heterocycles. The van der Waals surface area contributed by atoms with Crippen molar-refractivity contribution in [3.63, 3.8) is 0 Å². The Labute approximate surface area is 105 Å². The van der Waals surface area contributed by atoms with Crippen LogP contribution in [0.15, 0.2) is 24.3 Å². The van der Waals surface area contributed by atoms with E-state index in [4.69, 9.17) is 0 Å². The zero-order valence-electron chi connectivity index (χ0n) is 10.0. The maximum atomic E-state index is 3.48. The quantitative estimate of drug-likeness (QED) is 0.854. The van der Waals surface area contributed by atoms with Crippen LogP contribution in [0.1, 0.15) is 30.9 Å². The highest BCUT2D eigenvalue weighted by Crippen LogP contribution is 2.16. The first-order chi connectivity index (χ1) is 7.38. The van der Waals surface area contributed by atoms with Crippen LogP contribution in [0.2, 0.25) is 0 Å². The molecule has 1 aromatic carbocycles. The Bertz CT molecular complexity index is 288. The van der Waals surface area contributed by atoms with E-state index in [1.165, 1.54) is 43.5 Å².